The van der Waals surface area contributed by atoms with Crippen molar-refractivity contribution in [2.75, 3.05) is 3.71 Å². The van der Waals surface area contributed by atoms with Crippen LogP contribution in [0, 0.1) is 25.5 Å². The van der Waals surface area contributed by atoms with Gasteiger partial charge >= 0.3 is 0 Å². The maximum atomic E-state index is 13.8. The predicted octanol–water partition coefficient (Wildman–Crippen LogP) is 4.17. The highest BCUT2D eigenvalue weighted by atomic mass is 32.3. The van der Waals surface area contributed by atoms with E-state index in [4.69, 9.17) is 0 Å². The Balaban J connectivity index is 2.30. The third-order valence-electron chi connectivity index (χ3n) is 4.13. The molecule has 0 heterocycles. The van der Waals surface area contributed by atoms with Gasteiger partial charge in [0.25, 0.3) is 20.0 Å². The Morgan fingerprint density at radius 3 is 1.31 bits per heavy atom. The summed E-state index contributed by atoms with van der Waals surface area (Å²) in [6, 6.07) is 12.8. The quantitative estimate of drug-likeness (QED) is 0.601. The molecule has 29 heavy (non-hydrogen) atoms. The monoisotopic (exact) mass is 437 g/mol. The molecule has 152 valence electrons. The number of halogens is 2. The SMILES string of the molecule is Cc1ccc(S(=O)(=O)N(c2cc(F)cc(F)c2)S(=O)(=O)c2ccc(C)cc2)cc1. The van der Waals surface area contributed by atoms with E-state index in [-0.39, 0.29) is 13.5 Å². The molecule has 0 aliphatic heterocycles. The summed E-state index contributed by atoms with van der Waals surface area (Å²) in [5.74, 6) is -2.22. The van der Waals surface area contributed by atoms with Crippen LogP contribution in [0.1, 0.15) is 11.1 Å². The lowest BCUT2D eigenvalue weighted by molar-refractivity contribution is 0.579. The van der Waals surface area contributed by atoms with Crippen molar-refractivity contribution in [3.63, 3.8) is 0 Å². The van der Waals surface area contributed by atoms with Crippen LogP contribution in [0.3, 0.4) is 0 Å². The molecule has 0 spiro atoms. The van der Waals surface area contributed by atoms with Crippen LogP contribution >= 0.6 is 0 Å². The van der Waals surface area contributed by atoms with E-state index in [1.54, 1.807) is 13.8 Å². The summed E-state index contributed by atoms with van der Waals surface area (Å²) < 4.78 is 80.7. The van der Waals surface area contributed by atoms with Crippen molar-refractivity contribution in [3.8, 4) is 0 Å². The Bertz CT molecular complexity index is 1160. The summed E-state index contributed by atoms with van der Waals surface area (Å²) >= 11 is 0. The van der Waals surface area contributed by atoms with E-state index in [2.05, 4.69) is 0 Å². The van der Waals surface area contributed by atoms with E-state index in [0.29, 0.717) is 18.2 Å². The summed E-state index contributed by atoms with van der Waals surface area (Å²) in [6.45, 7) is 3.47. The van der Waals surface area contributed by atoms with Crippen LogP contribution in [0.2, 0.25) is 0 Å². The molecule has 9 heteroatoms. The first-order chi connectivity index (χ1) is 13.5. The maximum absolute atomic E-state index is 13.8. The Labute approximate surface area is 168 Å². The molecule has 0 fully saturated rings. The van der Waals surface area contributed by atoms with Crippen LogP contribution in [0.5, 0.6) is 0 Å². The Morgan fingerprint density at radius 1 is 0.621 bits per heavy atom. The van der Waals surface area contributed by atoms with Crippen molar-refractivity contribution in [3.05, 3.63) is 89.5 Å². The van der Waals surface area contributed by atoms with Gasteiger partial charge in [0.05, 0.1) is 15.5 Å². The summed E-state index contributed by atoms with van der Waals surface area (Å²) in [5.41, 5.74) is 0.853. The second kappa shape index (κ2) is 7.57. The molecule has 3 rings (SSSR count). The lowest BCUT2D eigenvalue weighted by Crippen LogP contribution is -2.37. The van der Waals surface area contributed by atoms with E-state index in [1.807, 2.05) is 0 Å². The average molecular weight is 437 g/mol. The maximum Gasteiger partial charge on any atom is 0.277 e. The van der Waals surface area contributed by atoms with Crippen LogP contribution in [-0.2, 0) is 20.0 Å². The van der Waals surface area contributed by atoms with Crippen molar-refractivity contribution in [2.45, 2.75) is 23.6 Å². The fraction of sp³-hybridized carbons (Fsp3) is 0.100. The highest BCUT2D eigenvalue weighted by Gasteiger charge is 2.37. The third kappa shape index (κ3) is 4.15. The minimum atomic E-state index is -4.71. The van der Waals surface area contributed by atoms with Crippen molar-refractivity contribution in [1.82, 2.24) is 0 Å². The summed E-state index contributed by atoms with van der Waals surface area (Å²) in [4.78, 5) is -0.660. The number of anilines is 1. The smallest absolute Gasteiger partial charge is 0.207 e. The van der Waals surface area contributed by atoms with Gasteiger partial charge in [-0.05, 0) is 50.2 Å². The second-order valence-corrected chi connectivity index (χ2v) is 10.3. The minimum absolute atomic E-state index is 0.0570. The summed E-state index contributed by atoms with van der Waals surface area (Å²) in [7, 11) is -9.42. The van der Waals surface area contributed by atoms with Gasteiger partial charge in [-0.1, -0.05) is 35.4 Å². The molecule has 0 aromatic heterocycles. The number of nitrogens with zero attached hydrogens (tertiary/aromatic N) is 1. The molecule has 0 radical (unpaired) electrons. The lowest BCUT2D eigenvalue weighted by Gasteiger charge is -2.24. The van der Waals surface area contributed by atoms with Gasteiger partial charge in [0.1, 0.15) is 11.6 Å². The van der Waals surface area contributed by atoms with E-state index in [0.717, 1.165) is 11.1 Å². The van der Waals surface area contributed by atoms with Gasteiger partial charge in [0.2, 0.25) is 0 Å². The van der Waals surface area contributed by atoms with E-state index in [9.17, 15) is 25.6 Å². The van der Waals surface area contributed by atoms with Crippen LogP contribution in [0.4, 0.5) is 14.5 Å². The minimum Gasteiger partial charge on any atom is -0.207 e. The molecule has 0 atom stereocenters. The molecular weight excluding hydrogens is 420 g/mol. The number of benzene rings is 3. The van der Waals surface area contributed by atoms with Gasteiger partial charge < -0.3 is 0 Å². The zero-order valence-electron chi connectivity index (χ0n) is 15.5. The molecular formula is C20H17F2NO4S2. The van der Waals surface area contributed by atoms with E-state index in [1.165, 1.54) is 48.5 Å². The molecule has 0 saturated carbocycles. The highest BCUT2D eigenvalue weighted by molar-refractivity contribution is 8.10. The molecule has 0 amide bonds. The van der Waals surface area contributed by atoms with Crippen molar-refractivity contribution in [2.24, 2.45) is 0 Å². The fourth-order valence-electron chi connectivity index (χ4n) is 2.66. The first-order valence-corrected chi connectivity index (χ1v) is 11.3. The fourth-order valence-corrected chi connectivity index (χ4v) is 6.32. The molecule has 5 nitrogen and oxygen atoms in total. The van der Waals surface area contributed by atoms with Gasteiger partial charge in [0.15, 0.2) is 0 Å². The molecule has 3 aromatic carbocycles. The number of sulfonamides is 2. The Morgan fingerprint density at radius 2 is 0.966 bits per heavy atom. The normalized spacial score (nSPS) is 12.0. The lowest BCUT2D eigenvalue weighted by atomic mass is 10.2. The van der Waals surface area contributed by atoms with Crippen LogP contribution < -0.4 is 3.71 Å². The Hall–Kier alpha value is -2.78. The predicted molar refractivity (Wildman–Crippen MR) is 106 cm³/mol. The first kappa shape index (κ1) is 20.9. The number of hydrogen-bond donors (Lipinski definition) is 0. The van der Waals surface area contributed by atoms with Gasteiger partial charge in [-0.2, -0.15) is 3.71 Å². The topological polar surface area (TPSA) is 71.5 Å². The molecule has 0 aliphatic carbocycles. The van der Waals surface area contributed by atoms with Crippen molar-refractivity contribution >= 4 is 25.7 Å². The number of hydrogen-bond acceptors (Lipinski definition) is 4. The van der Waals surface area contributed by atoms with E-state index >= 15 is 0 Å². The molecule has 0 bridgehead atoms. The van der Waals surface area contributed by atoms with Crippen molar-refractivity contribution in [1.29, 1.82) is 0 Å². The summed E-state index contributed by atoms with van der Waals surface area (Å²) in [5, 5.41) is 0. The Kier molecular flexibility index (Phi) is 5.46. The van der Waals surface area contributed by atoms with Crippen molar-refractivity contribution < 1.29 is 25.6 Å². The zero-order valence-corrected chi connectivity index (χ0v) is 17.1. The molecule has 0 saturated heterocycles. The average Bonchev–Trinajstić information content (AvgIpc) is 2.61. The first-order valence-electron chi connectivity index (χ1n) is 8.42. The molecule has 3 aromatic rings. The third-order valence-corrected chi connectivity index (χ3v) is 8.34. The van der Waals surface area contributed by atoms with Crippen LogP contribution in [0.15, 0.2) is 76.5 Å². The highest BCUT2D eigenvalue weighted by Crippen LogP contribution is 2.32. The van der Waals surface area contributed by atoms with Gasteiger partial charge in [-0.3, -0.25) is 0 Å². The van der Waals surface area contributed by atoms with Crippen LogP contribution in [-0.4, -0.2) is 16.8 Å². The number of rotatable bonds is 5. The van der Waals surface area contributed by atoms with Gasteiger partial charge in [0, 0.05) is 6.07 Å². The molecule has 0 aliphatic rings. The molecule has 0 N–H and O–H groups in total. The van der Waals surface area contributed by atoms with Gasteiger partial charge in [-0.15, -0.1) is 0 Å². The summed E-state index contributed by atoms with van der Waals surface area (Å²) in [6.07, 6.45) is 0. The largest absolute Gasteiger partial charge is 0.277 e. The van der Waals surface area contributed by atoms with Crippen LogP contribution in [0.25, 0.3) is 0 Å². The van der Waals surface area contributed by atoms with Gasteiger partial charge in [-0.25, -0.2) is 25.6 Å². The molecule has 0 unspecified atom stereocenters. The standard InChI is InChI=1S/C20H17F2NO4S2/c1-14-3-7-19(8-4-14)28(24,25)23(18-12-16(21)11-17(22)13-18)29(26,27)20-9-5-15(2)6-10-20/h3-13H,1-2H3. The number of aryl methyl sites for hydroxylation is 2. The second-order valence-electron chi connectivity index (χ2n) is 6.46. The van der Waals surface area contributed by atoms with E-state index < -0.39 is 37.4 Å². The zero-order chi connectivity index (χ0) is 21.4.